The van der Waals surface area contributed by atoms with Crippen LogP contribution in [0, 0.1) is 5.92 Å². The van der Waals surface area contributed by atoms with Crippen molar-refractivity contribution >= 4 is 17.5 Å². The van der Waals surface area contributed by atoms with Crippen molar-refractivity contribution in [1.82, 2.24) is 10.6 Å². The Morgan fingerprint density at radius 3 is 2.56 bits per heavy atom. The van der Waals surface area contributed by atoms with Crippen molar-refractivity contribution in [2.45, 2.75) is 20.3 Å². The fraction of sp³-hybridized carbons (Fsp3) is 0.500. The van der Waals surface area contributed by atoms with Crippen LogP contribution in [0.5, 0.6) is 0 Å². The molecule has 0 radical (unpaired) electrons. The van der Waals surface area contributed by atoms with Crippen LogP contribution in [-0.4, -0.2) is 25.5 Å². The first-order chi connectivity index (χ1) is 8.58. The average Bonchev–Trinajstić information content (AvgIpc) is 2.31. The van der Waals surface area contributed by atoms with Gasteiger partial charge in [-0.25, -0.2) is 0 Å². The molecule has 4 heteroatoms. The number of nitrogens with one attached hydrogen (secondary N) is 2. The van der Waals surface area contributed by atoms with E-state index in [4.69, 9.17) is 11.6 Å². The van der Waals surface area contributed by atoms with Crippen molar-refractivity contribution < 1.29 is 4.79 Å². The fourth-order valence-corrected chi connectivity index (χ4v) is 1.66. The molecule has 0 aliphatic rings. The maximum absolute atomic E-state index is 11.5. The minimum atomic E-state index is 0.0459. The van der Waals surface area contributed by atoms with E-state index in [2.05, 4.69) is 24.5 Å². The van der Waals surface area contributed by atoms with Gasteiger partial charge in [0, 0.05) is 11.6 Å². The summed E-state index contributed by atoms with van der Waals surface area (Å²) in [5, 5.41) is 6.73. The predicted octanol–water partition coefficient (Wildman–Crippen LogP) is 2.24. The van der Waals surface area contributed by atoms with Crippen LogP contribution < -0.4 is 10.6 Å². The summed E-state index contributed by atoms with van der Waals surface area (Å²) in [6, 6.07) is 7.68. The zero-order valence-corrected chi connectivity index (χ0v) is 11.8. The summed E-state index contributed by atoms with van der Waals surface area (Å²) < 4.78 is 0. The lowest BCUT2D eigenvalue weighted by molar-refractivity contribution is -0.120. The molecule has 100 valence electrons. The first-order valence-electron chi connectivity index (χ1n) is 6.30. The average molecular weight is 269 g/mol. The van der Waals surface area contributed by atoms with Gasteiger partial charge in [-0.1, -0.05) is 37.6 Å². The van der Waals surface area contributed by atoms with E-state index in [1.165, 1.54) is 5.56 Å². The molecule has 1 rings (SSSR count). The van der Waals surface area contributed by atoms with E-state index in [-0.39, 0.29) is 5.91 Å². The maximum atomic E-state index is 11.5. The normalized spacial score (nSPS) is 10.7. The van der Waals surface area contributed by atoms with Gasteiger partial charge in [-0.15, -0.1) is 0 Å². The van der Waals surface area contributed by atoms with Crippen molar-refractivity contribution in [2.75, 3.05) is 19.6 Å². The quantitative estimate of drug-likeness (QED) is 0.796. The van der Waals surface area contributed by atoms with Crippen molar-refractivity contribution in [3.8, 4) is 0 Å². The molecule has 2 N–H and O–H groups in total. The first kappa shape index (κ1) is 15.0. The summed E-state index contributed by atoms with van der Waals surface area (Å²) in [6.45, 7) is 6.14. The van der Waals surface area contributed by atoms with Crippen LogP contribution in [0.25, 0.3) is 0 Å². The number of halogens is 1. The Balaban J connectivity index is 2.13. The molecule has 0 aliphatic carbocycles. The zero-order chi connectivity index (χ0) is 13.4. The highest BCUT2D eigenvalue weighted by Crippen LogP contribution is 2.09. The third-order valence-electron chi connectivity index (χ3n) is 2.49. The molecule has 3 nitrogen and oxygen atoms in total. The Morgan fingerprint density at radius 2 is 1.94 bits per heavy atom. The van der Waals surface area contributed by atoms with E-state index in [0.717, 1.165) is 18.0 Å². The molecule has 0 bridgehead atoms. The third-order valence-corrected chi connectivity index (χ3v) is 2.74. The smallest absolute Gasteiger partial charge is 0.233 e. The molecular weight excluding hydrogens is 248 g/mol. The van der Waals surface area contributed by atoms with Crippen LogP contribution >= 0.6 is 11.6 Å². The molecule has 0 aromatic heterocycles. The minimum Gasteiger partial charge on any atom is -0.355 e. The molecule has 0 unspecified atom stereocenters. The molecule has 0 heterocycles. The van der Waals surface area contributed by atoms with E-state index >= 15 is 0 Å². The van der Waals surface area contributed by atoms with E-state index in [1.54, 1.807) is 0 Å². The van der Waals surface area contributed by atoms with Gasteiger partial charge in [0.1, 0.15) is 0 Å². The molecule has 0 aliphatic heterocycles. The molecular formula is C14H21ClN2O. The number of rotatable bonds is 7. The molecule has 1 aromatic rings. The monoisotopic (exact) mass is 268 g/mol. The lowest BCUT2D eigenvalue weighted by Gasteiger charge is -2.08. The van der Waals surface area contributed by atoms with Gasteiger partial charge in [-0.2, -0.15) is 0 Å². The number of benzene rings is 1. The van der Waals surface area contributed by atoms with Gasteiger partial charge in [0.25, 0.3) is 0 Å². The molecule has 18 heavy (non-hydrogen) atoms. The number of carbonyl (C=O) groups excluding carboxylic acids is 1. The molecule has 0 saturated carbocycles. The van der Waals surface area contributed by atoms with Gasteiger partial charge in [0.2, 0.25) is 5.91 Å². The first-order valence-corrected chi connectivity index (χ1v) is 6.67. The minimum absolute atomic E-state index is 0.0459. The second-order valence-electron chi connectivity index (χ2n) is 4.75. The summed E-state index contributed by atoms with van der Waals surface area (Å²) >= 11 is 5.80. The second-order valence-corrected chi connectivity index (χ2v) is 5.19. The van der Waals surface area contributed by atoms with Crippen LogP contribution in [0.3, 0.4) is 0 Å². The van der Waals surface area contributed by atoms with Crippen molar-refractivity contribution in [2.24, 2.45) is 5.92 Å². The van der Waals surface area contributed by atoms with Gasteiger partial charge >= 0.3 is 0 Å². The summed E-state index contributed by atoms with van der Waals surface area (Å²) in [6.07, 6.45) is 0.826. The SMILES string of the molecule is CC(C)CNCC(=O)NCCc1ccc(Cl)cc1. The number of carbonyl (C=O) groups is 1. The van der Waals surface area contributed by atoms with Crippen LogP contribution in [0.15, 0.2) is 24.3 Å². The standard InChI is InChI=1S/C14H21ClN2O/c1-11(2)9-16-10-14(18)17-8-7-12-3-5-13(15)6-4-12/h3-6,11,16H,7-10H2,1-2H3,(H,17,18). The number of hydrogen-bond acceptors (Lipinski definition) is 2. The highest BCUT2D eigenvalue weighted by Gasteiger charge is 2.01. The largest absolute Gasteiger partial charge is 0.355 e. The molecule has 1 amide bonds. The molecule has 0 saturated heterocycles. The Kier molecular flexibility index (Phi) is 6.76. The molecule has 1 aromatic carbocycles. The highest BCUT2D eigenvalue weighted by atomic mass is 35.5. The third kappa shape index (κ3) is 6.62. The van der Waals surface area contributed by atoms with Gasteiger partial charge < -0.3 is 10.6 Å². The van der Waals surface area contributed by atoms with E-state index in [1.807, 2.05) is 24.3 Å². The van der Waals surface area contributed by atoms with Crippen LogP contribution in [-0.2, 0) is 11.2 Å². The Bertz CT molecular complexity index is 363. The molecule has 0 fully saturated rings. The van der Waals surface area contributed by atoms with Gasteiger partial charge in [-0.05, 0) is 36.6 Å². The summed E-state index contributed by atoms with van der Waals surface area (Å²) in [5.74, 6) is 0.608. The summed E-state index contributed by atoms with van der Waals surface area (Å²) in [7, 11) is 0. The van der Waals surface area contributed by atoms with Crippen molar-refractivity contribution in [1.29, 1.82) is 0 Å². The maximum Gasteiger partial charge on any atom is 0.233 e. The zero-order valence-electron chi connectivity index (χ0n) is 11.0. The Labute approximate surface area is 114 Å². The Morgan fingerprint density at radius 1 is 1.28 bits per heavy atom. The summed E-state index contributed by atoms with van der Waals surface area (Å²) in [5.41, 5.74) is 1.18. The Hall–Kier alpha value is -1.06. The van der Waals surface area contributed by atoms with E-state index in [0.29, 0.717) is 19.0 Å². The highest BCUT2D eigenvalue weighted by molar-refractivity contribution is 6.30. The van der Waals surface area contributed by atoms with Gasteiger partial charge in [0.05, 0.1) is 6.54 Å². The van der Waals surface area contributed by atoms with Gasteiger partial charge in [-0.3, -0.25) is 4.79 Å². The van der Waals surface area contributed by atoms with Crippen LogP contribution in [0.4, 0.5) is 0 Å². The van der Waals surface area contributed by atoms with Gasteiger partial charge in [0.15, 0.2) is 0 Å². The van der Waals surface area contributed by atoms with Crippen LogP contribution in [0.2, 0.25) is 5.02 Å². The fourth-order valence-electron chi connectivity index (χ4n) is 1.53. The lowest BCUT2D eigenvalue weighted by Crippen LogP contribution is -2.36. The van der Waals surface area contributed by atoms with E-state index < -0.39 is 0 Å². The number of hydrogen-bond donors (Lipinski definition) is 2. The molecule has 0 spiro atoms. The van der Waals surface area contributed by atoms with Crippen LogP contribution in [0.1, 0.15) is 19.4 Å². The molecule has 0 atom stereocenters. The number of amides is 1. The predicted molar refractivity (Wildman–Crippen MR) is 75.9 cm³/mol. The summed E-state index contributed by atoms with van der Waals surface area (Å²) in [4.78, 5) is 11.5. The van der Waals surface area contributed by atoms with Crippen molar-refractivity contribution in [3.63, 3.8) is 0 Å². The van der Waals surface area contributed by atoms with Crippen molar-refractivity contribution in [3.05, 3.63) is 34.9 Å². The lowest BCUT2D eigenvalue weighted by atomic mass is 10.1. The second kappa shape index (κ2) is 8.11. The van der Waals surface area contributed by atoms with E-state index in [9.17, 15) is 4.79 Å². The topological polar surface area (TPSA) is 41.1 Å².